The molecule has 1 atom stereocenters. The van der Waals surface area contributed by atoms with E-state index in [1.807, 2.05) is 42.5 Å². The molecular weight excluding hydrogens is 300 g/mol. The molecule has 0 heterocycles. The number of benzene rings is 2. The summed E-state index contributed by atoms with van der Waals surface area (Å²) in [5.41, 5.74) is 3.29. The Labute approximate surface area is 134 Å². The van der Waals surface area contributed by atoms with E-state index in [2.05, 4.69) is 10.1 Å². The zero-order chi connectivity index (χ0) is 16.8. The molecule has 0 saturated carbocycles. The highest BCUT2D eigenvalue weighted by Gasteiger charge is 2.13. The monoisotopic (exact) mass is 321 g/mol. The molecule has 0 bridgehead atoms. The molecule has 0 amide bonds. The first-order valence-corrected chi connectivity index (χ1v) is 7.45. The highest BCUT2D eigenvalue weighted by Crippen LogP contribution is 2.26. The van der Waals surface area contributed by atoms with E-state index in [9.17, 15) is 13.9 Å². The first kappa shape index (κ1) is 17.4. The molecule has 2 rings (SSSR count). The molecule has 0 aromatic heterocycles. The van der Waals surface area contributed by atoms with Crippen LogP contribution in [0, 0.1) is 13.8 Å². The predicted octanol–water partition coefficient (Wildman–Crippen LogP) is 3.73. The lowest BCUT2D eigenvalue weighted by atomic mass is 10.0. The average molecular weight is 321 g/mol. The van der Waals surface area contributed by atoms with Crippen molar-refractivity contribution in [3.05, 3.63) is 64.7 Å². The fraction of sp³-hybridized carbons (Fsp3) is 0.333. The SMILES string of the molecule is Cc1cc(CNC(CO)c2ccccc2)cc(C)c1OC(F)F. The van der Waals surface area contributed by atoms with Crippen molar-refractivity contribution >= 4 is 0 Å². The van der Waals surface area contributed by atoms with Crippen LogP contribution in [0.15, 0.2) is 42.5 Å². The Balaban J connectivity index is 2.08. The third-order valence-corrected chi connectivity index (χ3v) is 3.66. The molecule has 0 radical (unpaired) electrons. The van der Waals surface area contributed by atoms with Gasteiger partial charge >= 0.3 is 6.61 Å². The summed E-state index contributed by atoms with van der Waals surface area (Å²) in [6, 6.07) is 13.1. The van der Waals surface area contributed by atoms with E-state index < -0.39 is 6.61 Å². The summed E-state index contributed by atoms with van der Waals surface area (Å²) >= 11 is 0. The van der Waals surface area contributed by atoms with E-state index in [4.69, 9.17) is 0 Å². The minimum absolute atomic E-state index is 0.0193. The van der Waals surface area contributed by atoms with Gasteiger partial charge < -0.3 is 15.2 Å². The van der Waals surface area contributed by atoms with Crippen molar-refractivity contribution in [3.63, 3.8) is 0 Å². The highest BCUT2D eigenvalue weighted by molar-refractivity contribution is 5.43. The van der Waals surface area contributed by atoms with Crippen LogP contribution < -0.4 is 10.1 Å². The second-order valence-electron chi connectivity index (χ2n) is 5.46. The third-order valence-electron chi connectivity index (χ3n) is 3.66. The summed E-state index contributed by atoms with van der Waals surface area (Å²) in [6.07, 6.45) is 0. The largest absolute Gasteiger partial charge is 0.434 e. The Hall–Kier alpha value is -1.98. The lowest BCUT2D eigenvalue weighted by Crippen LogP contribution is -2.24. The van der Waals surface area contributed by atoms with Crippen LogP contribution in [0.1, 0.15) is 28.3 Å². The lowest BCUT2D eigenvalue weighted by Gasteiger charge is -2.18. The van der Waals surface area contributed by atoms with Crippen molar-refractivity contribution in [1.82, 2.24) is 5.32 Å². The van der Waals surface area contributed by atoms with Crippen LogP contribution in [0.5, 0.6) is 5.75 Å². The van der Waals surface area contributed by atoms with Gasteiger partial charge in [-0.1, -0.05) is 42.5 Å². The summed E-state index contributed by atoms with van der Waals surface area (Å²) in [6.45, 7) is 1.17. The zero-order valence-electron chi connectivity index (χ0n) is 13.2. The molecule has 2 aromatic carbocycles. The number of hydrogen-bond acceptors (Lipinski definition) is 3. The molecule has 5 heteroatoms. The van der Waals surface area contributed by atoms with Gasteiger partial charge in [0.15, 0.2) is 0 Å². The van der Waals surface area contributed by atoms with E-state index in [-0.39, 0.29) is 18.4 Å². The summed E-state index contributed by atoms with van der Waals surface area (Å²) in [5, 5.41) is 12.8. The zero-order valence-corrected chi connectivity index (χ0v) is 13.2. The van der Waals surface area contributed by atoms with Gasteiger partial charge in [-0.15, -0.1) is 0 Å². The molecule has 3 nitrogen and oxygen atoms in total. The lowest BCUT2D eigenvalue weighted by molar-refractivity contribution is -0.0507. The van der Waals surface area contributed by atoms with Crippen molar-refractivity contribution in [2.24, 2.45) is 0 Å². The molecule has 0 spiro atoms. The van der Waals surface area contributed by atoms with Gasteiger partial charge in [0.2, 0.25) is 0 Å². The van der Waals surface area contributed by atoms with Crippen molar-refractivity contribution in [3.8, 4) is 5.75 Å². The fourth-order valence-corrected chi connectivity index (χ4v) is 2.63. The smallest absolute Gasteiger partial charge is 0.387 e. The Morgan fingerprint density at radius 3 is 2.22 bits per heavy atom. The molecule has 2 aromatic rings. The number of hydrogen-bond donors (Lipinski definition) is 2. The van der Waals surface area contributed by atoms with Gasteiger partial charge in [-0.25, -0.2) is 0 Å². The molecule has 0 aliphatic carbocycles. The van der Waals surface area contributed by atoms with Crippen molar-refractivity contribution in [2.75, 3.05) is 6.61 Å². The standard InChI is InChI=1S/C18H21F2NO2/c1-12-8-14(9-13(2)17(12)23-18(19)20)10-21-16(11-22)15-6-4-3-5-7-15/h3-9,16,18,21-22H,10-11H2,1-2H3. The Kier molecular flexibility index (Phi) is 6.07. The van der Waals surface area contributed by atoms with Gasteiger partial charge in [-0.05, 0) is 36.1 Å². The molecule has 124 valence electrons. The number of aryl methyl sites for hydroxylation is 2. The van der Waals surface area contributed by atoms with Gasteiger partial charge in [0, 0.05) is 6.54 Å². The first-order chi connectivity index (χ1) is 11.0. The summed E-state index contributed by atoms with van der Waals surface area (Å²) in [5.74, 6) is 0.227. The highest BCUT2D eigenvalue weighted by atomic mass is 19.3. The van der Waals surface area contributed by atoms with Crippen LogP contribution in [-0.4, -0.2) is 18.3 Å². The van der Waals surface area contributed by atoms with Gasteiger partial charge in [0.05, 0.1) is 12.6 Å². The Bertz CT molecular complexity index is 609. The van der Waals surface area contributed by atoms with Gasteiger partial charge in [0.25, 0.3) is 0 Å². The normalized spacial score (nSPS) is 12.4. The molecule has 23 heavy (non-hydrogen) atoms. The Morgan fingerprint density at radius 2 is 1.70 bits per heavy atom. The van der Waals surface area contributed by atoms with Crippen molar-refractivity contribution < 1.29 is 18.6 Å². The van der Waals surface area contributed by atoms with Gasteiger partial charge in [-0.3, -0.25) is 0 Å². The number of alkyl halides is 2. The van der Waals surface area contributed by atoms with Gasteiger partial charge in [0.1, 0.15) is 5.75 Å². The summed E-state index contributed by atoms with van der Waals surface area (Å²) in [7, 11) is 0. The van der Waals surface area contributed by atoms with Crippen LogP contribution >= 0.6 is 0 Å². The maximum atomic E-state index is 12.4. The second-order valence-corrected chi connectivity index (χ2v) is 5.46. The third kappa shape index (κ3) is 4.74. The molecule has 0 saturated heterocycles. The topological polar surface area (TPSA) is 41.5 Å². The van der Waals surface area contributed by atoms with Gasteiger partial charge in [-0.2, -0.15) is 8.78 Å². The minimum atomic E-state index is -2.83. The minimum Gasteiger partial charge on any atom is -0.434 e. The number of halogens is 2. The van der Waals surface area contributed by atoms with E-state index in [1.54, 1.807) is 13.8 Å². The number of aliphatic hydroxyl groups excluding tert-OH is 1. The first-order valence-electron chi connectivity index (χ1n) is 7.45. The number of aliphatic hydroxyl groups is 1. The molecule has 2 N–H and O–H groups in total. The van der Waals surface area contributed by atoms with Crippen molar-refractivity contribution in [2.45, 2.75) is 33.0 Å². The van der Waals surface area contributed by atoms with Crippen LogP contribution in [0.2, 0.25) is 0 Å². The Morgan fingerprint density at radius 1 is 1.09 bits per heavy atom. The maximum absolute atomic E-state index is 12.4. The van der Waals surface area contributed by atoms with E-state index >= 15 is 0 Å². The number of rotatable bonds is 7. The molecule has 0 aliphatic rings. The number of nitrogens with one attached hydrogen (secondary N) is 1. The summed E-state index contributed by atoms with van der Waals surface area (Å²) in [4.78, 5) is 0. The van der Waals surface area contributed by atoms with Crippen LogP contribution in [0.4, 0.5) is 8.78 Å². The van der Waals surface area contributed by atoms with Crippen LogP contribution in [-0.2, 0) is 6.54 Å². The molecule has 0 aliphatic heterocycles. The number of ether oxygens (including phenoxy) is 1. The molecular formula is C18H21F2NO2. The van der Waals surface area contributed by atoms with E-state index in [1.165, 1.54) is 0 Å². The summed E-state index contributed by atoms with van der Waals surface area (Å²) < 4.78 is 29.4. The van der Waals surface area contributed by atoms with E-state index in [0.717, 1.165) is 11.1 Å². The average Bonchev–Trinajstić information content (AvgIpc) is 2.52. The predicted molar refractivity (Wildman–Crippen MR) is 85.7 cm³/mol. The fourth-order valence-electron chi connectivity index (χ4n) is 2.63. The molecule has 1 unspecified atom stereocenters. The molecule has 0 fully saturated rings. The van der Waals surface area contributed by atoms with Crippen LogP contribution in [0.25, 0.3) is 0 Å². The van der Waals surface area contributed by atoms with Crippen molar-refractivity contribution in [1.29, 1.82) is 0 Å². The maximum Gasteiger partial charge on any atom is 0.387 e. The quantitative estimate of drug-likeness (QED) is 0.816. The van der Waals surface area contributed by atoms with Crippen LogP contribution in [0.3, 0.4) is 0 Å². The second kappa shape index (κ2) is 8.04. The van der Waals surface area contributed by atoms with E-state index in [0.29, 0.717) is 17.7 Å².